The second-order valence-corrected chi connectivity index (χ2v) is 8.03. The zero-order valence-electron chi connectivity index (χ0n) is 17.1. The van der Waals surface area contributed by atoms with E-state index in [1.807, 2.05) is 25.1 Å². The molecule has 0 atom stereocenters. The van der Waals surface area contributed by atoms with Crippen molar-refractivity contribution in [2.45, 2.75) is 26.4 Å². The van der Waals surface area contributed by atoms with Crippen LogP contribution in [0.2, 0.25) is 5.02 Å². The molecule has 156 valence electrons. The fraction of sp³-hybridized carbons (Fsp3) is 0.174. The fourth-order valence-electron chi connectivity index (χ4n) is 3.12. The molecule has 31 heavy (non-hydrogen) atoms. The molecular formula is C23H19ClN4O3. The summed E-state index contributed by atoms with van der Waals surface area (Å²) in [4.78, 5) is 38.9. The number of hydrogen-bond acceptors (Lipinski definition) is 6. The summed E-state index contributed by atoms with van der Waals surface area (Å²) in [6.45, 7) is 5.30. The second-order valence-electron chi connectivity index (χ2n) is 7.62. The van der Waals surface area contributed by atoms with Gasteiger partial charge in [0.25, 0.3) is 5.91 Å². The molecule has 2 aromatic carbocycles. The first kappa shape index (κ1) is 20.7. The summed E-state index contributed by atoms with van der Waals surface area (Å²) in [5.41, 5.74) is 2.66. The average Bonchev–Trinajstić information content (AvgIpc) is 3.02. The Bertz CT molecular complexity index is 1220. The van der Waals surface area contributed by atoms with Crippen LogP contribution in [0.4, 0.5) is 5.82 Å². The number of Topliss-reactive ketones (excluding diaryl/α,β-unsaturated/α-hetero) is 1. The number of nitrogens with one attached hydrogen (secondary N) is 1. The Labute approximate surface area is 184 Å². The van der Waals surface area contributed by atoms with E-state index in [1.54, 1.807) is 44.3 Å². The number of anilines is 1. The van der Waals surface area contributed by atoms with E-state index in [9.17, 15) is 9.59 Å². The van der Waals surface area contributed by atoms with Gasteiger partial charge in [-0.05, 0) is 44.5 Å². The molecule has 2 heterocycles. The number of ketones is 1. The normalized spacial score (nSPS) is 14.7. The Morgan fingerprint density at radius 2 is 1.87 bits per heavy atom. The minimum Gasteiger partial charge on any atom is -0.381 e. The van der Waals surface area contributed by atoms with E-state index < -0.39 is 5.60 Å². The van der Waals surface area contributed by atoms with E-state index >= 15 is 0 Å². The number of rotatable bonds is 4. The minimum atomic E-state index is -0.971. The van der Waals surface area contributed by atoms with Gasteiger partial charge >= 0.3 is 0 Å². The number of carbonyl (C=O) groups excluding carboxylic acids is 2. The van der Waals surface area contributed by atoms with Crippen molar-refractivity contribution in [2.24, 2.45) is 5.16 Å². The van der Waals surface area contributed by atoms with Crippen molar-refractivity contribution in [2.75, 3.05) is 5.32 Å². The summed E-state index contributed by atoms with van der Waals surface area (Å²) < 4.78 is 0. The third-order valence-corrected chi connectivity index (χ3v) is 5.26. The average molecular weight is 435 g/mol. The molecule has 0 fully saturated rings. The lowest BCUT2D eigenvalue weighted by molar-refractivity contribution is -0.128. The highest BCUT2D eigenvalue weighted by Gasteiger charge is 2.40. The number of nitrogens with zero attached hydrogens (tertiary/aromatic N) is 3. The van der Waals surface area contributed by atoms with Gasteiger partial charge in [-0.3, -0.25) is 14.6 Å². The van der Waals surface area contributed by atoms with Crippen LogP contribution in [0.1, 0.15) is 35.3 Å². The highest BCUT2D eigenvalue weighted by molar-refractivity contribution is 6.49. The molecule has 8 heteroatoms. The predicted octanol–water partition coefficient (Wildman–Crippen LogP) is 4.44. The molecule has 0 unspecified atom stereocenters. The smallest absolute Gasteiger partial charge is 0.258 e. The van der Waals surface area contributed by atoms with Gasteiger partial charge in [-0.2, -0.15) is 0 Å². The molecule has 0 saturated carbocycles. The Balaban J connectivity index is 1.58. The zero-order valence-corrected chi connectivity index (χ0v) is 17.9. The third kappa shape index (κ3) is 4.04. The number of amides is 1. The van der Waals surface area contributed by atoms with Gasteiger partial charge in [0.05, 0.1) is 28.7 Å². The van der Waals surface area contributed by atoms with Crippen LogP contribution in [0.5, 0.6) is 0 Å². The van der Waals surface area contributed by atoms with Crippen LogP contribution >= 0.6 is 11.6 Å². The summed E-state index contributed by atoms with van der Waals surface area (Å²) in [6.07, 6.45) is 3.04. The summed E-state index contributed by atoms with van der Waals surface area (Å²) in [5.74, 6) is -0.245. The van der Waals surface area contributed by atoms with E-state index in [4.69, 9.17) is 16.4 Å². The van der Waals surface area contributed by atoms with Gasteiger partial charge in [-0.25, -0.2) is 4.98 Å². The number of halogens is 1. The Hall–Kier alpha value is -3.58. The highest BCUT2D eigenvalue weighted by atomic mass is 35.5. The van der Waals surface area contributed by atoms with E-state index in [0.717, 1.165) is 11.1 Å². The maximum Gasteiger partial charge on any atom is 0.258 e. The van der Waals surface area contributed by atoms with Crippen molar-refractivity contribution < 1.29 is 14.4 Å². The third-order valence-electron chi connectivity index (χ3n) is 4.93. The van der Waals surface area contributed by atoms with Crippen LogP contribution in [0.25, 0.3) is 11.3 Å². The topological polar surface area (TPSA) is 93.5 Å². The molecule has 3 aromatic rings. The van der Waals surface area contributed by atoms with Gasteiger partial charge in [-0.15, -0.1) is 0 Å². The summed E-state index contributed by atoms with van der Waals surface area (Å²) >= 11 is 6.07. The summed E-state index contributed by atoms with van der Waals surface area (Å²) in [5, 5.41) is 7.00. The molecule has 1 N–H and O–H groups in total. The van der Waals surface area contributed by atoms with E-state index in [2.05, 4.69) is 20.4 Å². The monoisotopic (exact) mass is 434 g/mol. The van der Waals surface area contributed by atoms with Gasteiger partial charge in [0.1, 0.15) is 0 Å². The molecule has 0 aliphatic carbocycles. The zero-order chi connectivity index (χ0) is 22.2. The van der Waals surface area contributed by atoms with Gasteiger partial charge in [0.2, 0.25) is 5.78 Å². The molecule has 7 nitrogen and oxygen atoms in total. The maximum atomic E-state index is 12.5. The molecule has 1 aliphatic heterocycles. The molecule has 0 bridgehead atoms. The standard InChI is InChI=1S/C23H19ClN4O3/c1-13-8-9-14(20-21(29)23(2,3)31-28-20)10-16(13)18-11-26-19(12-25-18)27-22(30)15-6-4-5-7-17(15)24/h4-12H,1-3H3,(H,26,27,30). The highest BCUT2D eigenvalue weighted by Crippen LogP contribution is 2.27. The number of aryl methyl sites for hydroxylation is 1. The lowest BCUT2D eigenvalue weighted by atomic mass is 9.93. The van der Waals surface area contributed by atoms with E-state index in [1.165, 1.54) is 6.20 Å². The first-order valence-electron chi connectivity index (χ1n) is 9.56. The van der Waals surface area contributed by atoms with Crippen LogP contribution < -0.4 is 5.32 Å². The van der Waals surface area contributed by atoms with Gasteiger partial charge in [0, 0.05) is 11.1 Å². The minimum absolute atomic E-state index is 0.175. The van der Waals surface area contributed by atoms with Crippen LogP contribution in [-0.2, 0) is 9.63 Å². The molecular weight excluding hydrogens is 416 g/mol. The quantitative estimate of drug-likeness (QED) is 0.655. The van der Waals surface area contributed by atoms with E-state index in [-0.39, 0.29) is 17.4 Å². The first-order valence-corrected chi connectivity index (χ1v) is 9.94. The van der Waals surface area contributed by atoms with Crippen LogP contribution in [0, 0.1) is 6.92 Å². The molecule has 4 rings (SSSR count). The molecule has 1 amide bonds. The largest absolute Gasteiger partial charge is 0.381 e. The van der Waals surface area contributed by atoms with Crippen molar-refractivity contribution >= 4 is 34.8 Å². The van der Waals surface area contributed by atoms with Gasteiger partial charge in [-0.1, -0.05) is 41.0 Å². The summed E-state index contributed by atoms with van der Waals surface area (Å²) in [7, 11) is 0. The van der Waals surface area contributed by atoms with Gasteiger partial charge in [0.15, 0.2) is 17.1 Å². The molecule has 0 saturated heterocycles. The van der Waals surface area contributed by atoms with Crippen molar-refractivity contribution in [3.05, 3.63) is 76.6 Å². The number of aromatic nitrogens is 2. The van der Waals surface area contributed by atoms with Crippen molar-refractivity contribution in [3.63, 3.8) is 0 Å². The van der Waals surface area contributed by atoms with Crippen LogP contribution in [0.15, 0.2) is 60.0 Å². The number of hydrogen-bond donors (Lipinski definition) is 1. The Morgan fingerprint density at radius 1 is 1.10 bits per heavy atom. The van der Waals surface area contributed by atoms with Crippen molar-refractivity contribution in [1.82, 2.24) is 9.97 Å². The molecule has 1 aliphatic rings. The second kappa shape index (κ2) is 7.92. The SMILES string of the molecule is Cc1ccc(C2=NOC(C)(C)C2=O)cc1-c1cnc(NC(=O)c2ccccc2Cl)cn1. The lowest BCUT2D eigenvalue weighted by Gasteiger charge is -2.12. The number of carbonyl (C=O) groups is 2. The first-order chi connectivity index (χ1) is 14.8. The van der Waals surface area contributed by atoms with Crippen molar-refractivity contribution in [3.8, 4) is 11.3 Å². The predicted molar refractivity (Wildman–Crippen MR) is 118 cm³/mol. The van der Waals surface area contributed by atoms with Crippen LogP contribution in [-0.4, -0.2) is 33.0 Å². The Morgan fingerprint density at radius 3 is 2.52 bits per heavy atom. The lowest BCUT2D eigenvalue weighted by Crippen LogP contribution is -2.33. The summed E-state index contributed by atoms with van der Waals surface area (Å²) in [6, 6.07) is 12.3. The molecule has 0 spiro atoms. The maximum absolute atomic E-state index is 12.5. The Kier molecular flexibility index (Phi) is 5.29. The number of oxime groups is 1. The van der Waals surface area contributed by atoms with Crippen molar-refractivity contribution in [1.29, 1.82) is 0 Å². The molecule has 1 aromatic heterocycles. The van der Waals surface area contributed by atoms with Crippen LogP contribution in [0.3, 0.4) is 0 Å². The van der Waals surface area contributed by atoms with Gasteiger partial charge < -0.3 is 10.2 Å². The van der Waals surface area contributed by atoms with E-state index in [0.29, 0.717) is 27.7 Å². The fourth-order valence-corrected chi connectivity index (χ4v) is 3.34. The molecule has 0 radical (unpaired) electrons. The number of benzene rings is 2.